The molecule has 1 nitrogen and oxygen atoms in total. The van der Waals surface area contributed by atoms with E-state index >= 15 is 0 Å². The fourth-order valence-corrected chi connectivity index (χ4v) is 3.46. The smallest absolute Gasteiger partial charge is 0.153 e. The molecule has 0 heterocycles. The summed E-state index contributed by atoms with van der Waals surface area (Å²) in [6.45, 7) is 4.29. The van der Waals surface area contributed by atoms with Crippen LogP contribution in [0.15, 0.2) is 59.6 Å². The number of benzene rings is 3. The highest BCUT2D eigenvalue weighted by Gasteiger charge is 2.11. The normalized spacial score (nSPS) is 10.2. The molecular formula is C27H23F2NS. The molecule has 0 aliphatic rings. The summed E-state index contributed by atoms with van der Waals surface area (Å²) in [5, 5.41) is 1.99. The lowest BCUT2D eigenvalue weighted by atomic mass is 10.0. The second-order valence-electron chi connectivity index (χ2n) is 7.43. The van der Waals surface area contributed by atoms with Gasteiger partial charge < -0.3 is 0 Å². The van der Waals surface area contributed by atoms with E-state index in [1.807, 2.05) is 17.3 Å². The summed E-state index contributed by atoms with van der Waals surface area (Å²) in [4.78, 5) is 3.44. The molecule has 0 spiro atoms. The van der Waals surface area contributed by atoms with Crippen molar-refractivity contribution in [3.63, 3.8) is 0 Å². The van der Waals surface area contributed by atoms with Crippen molar-refractivity contribution in [2.45, 2.75) is 39.5 Å². The van der Waals surface area contributed by atoms with Gasteiger partial charge in [0.15, 0.2) is 11.6 Å². The van der Waals surface area contributed by atoms with Gasteiger partial charge in [0, 0.05) is 11.1 Å². The lowest BCUT2D eigenvalue weighted by molar-refractivity contribution is 0.588. The van der Waals surface area contributed by atoms with E-state index in [0.717, 1.165) is 17.5 Å². The first-order valence-corrected chi connectivity index (χ1v) is 10.7. The maximum Gasteiger partial charge on any atom is 0.153 e. The minimum Gasteiger partial charge on any atom is -0.204 e. The molecule has 0 unspecified atom stereocenters. The van der Waals surface area contributed by atoms with Crippen molar-refractivity contribution in [3.8, 4) is 23.0 Å². The molecule has 3 aromatic carbocycles. The molecule has 0 saturated carbocycles. The van der Waals surface area contributed by atoms with E-state index < -0.39 is 17.3 Å². The van der Waals surface area contributed by atoms with Crippen molar-refractivity contribution >= 4 is 23.1 Å². The number of halogens is 2. The molecule has 4 heteroatoms. The van der Waals surface area contributed by atoms with Crippen molar-refractivity contribution in [1.82, 2.24) is 0 Å². The van der Waals surface area contributed by atoms with Crippen LogP contribution in [0.3, 0.4) is 0 Å². The van der Waals surface area contributed by atoms with Crippen LogP contribution in [0, 0.1) is 30.4 Å². The Morgan fingerprint density at radius 2 is 1.58 bits per heavy atom. The molecule has 0 amide bonds. The average molecular weight is 432 g/mol. The number of hydrogen-bond acceptors (Lipinski definition) is 2. The highest BCUT2D eigenvalue weighted by Crippen LogP contribution is 2.29. The maximum absolute atomic E-state index is 14.1. The van der Waals surface area contributed by atoms with E-state index in [2.05, 4.69) is 61.1 Å². The van der Waals surface area contributed by atoms with E-state index in [4.69, 9.17) is 0 Å². The standard InChI is InChI=1S/C27H23F2NS/c1-3-4-5-6-21-10-12-22(19(2)15-21)11-7-20-8-13-23(14-9-20)24-16-25(28)27(30-18-31)26(29)17-24/h8-10,12-17H,3-6H2,1-2H3. The van der Waals surface area contributed by atoms with Gasteiger partial charge in [-0.25, -0.2) is 8.78 Å². The predicted octanol–water partition coefficient (Wildman–Crippen LogP) is 7.81. The first-order chi connectivity index (χ1) is 15.0. The summed E-state index contributed by atoms with van der Waals surface area (Å²) in [5.74, 6) is 4.84. The van der Waals surface area contributed by atoms with Crippen LogP contribution in [0.2, 0.25) is 0 Å². The molecule has 0 fully saturated rings. The molecule has 156 valence electrons. The van der Waals surface area contributed by atoms with Gasteiger partial charge >= 0.3 is 0 Å². The zero-order valence-corrected chi connectivity index (χ0v) is 18.5. The Morgan fingerprint density at radius 1 is 0.871 bits per heavy atom. The number of aryl methyl sites for hydroxylation is 2. The quantitative estimate of drug-likeness (QED) is 0.168. The Bertz CT molecular complexity index is 1160. The van der Waals surface area contributed by atoms with Gasteiger partial charge in [-0.1, -0.05) is 55.9 Å². The first-order valence-electron chi connectivity index (χ1n) is 10.3. The first kappa shape index (κ1) is 22.6. The second kappa shape index (κ2) is 10.8. The molecule has 0 aliphatic heterocycles. The molecule has 0 radical (unpaired) electrons. The van der Waals surface area contributed by atoms with E-state index in [1.54, 1.807) is 12.1 Å². The minimum atomic E-state index is -0.773. The number of aliphatic imine (C=N–C) groups is 1. The fourth-order valence-electron chi connectivity index (χ4n) is 3.37. The van der Waals surface area contributed by atoms with Crippen LogP contribution in [0.4, 0.5) is 14.5 Å². The minimum absolute atomic E-state index is 0.423. The summed E-state index contributed by atoms with van der Waals surface area (Å²) in [5.41, 5.74) is 5.04. The third-order valence-corrected chi connectivity index (χ3v) is 5.19. The number of nitrogens with zero attached hydrogens (tertiary/aromatic N) is 1. The van der Waals surface area contributed by atoms with Crippen molar-refractivity contribution < 1.29 is 8.78 Å². The highest BCUT2D eigenvalue weighted by molar-refractivity contribution is 7.78. The lowest BCUT2D eigenvalue weighted by Gasteiger charge is -2.05. The van der Waals surface area contributed by atoms with Gasteiger partial charge in [0.1, 0.15) is 5.69 Å². The van der Waals surface area contributed by atoms with E-state index in [-0.39, 0.29) is 0 Å². The zero-order valence-electron chi connectivity index (χ0n) is 17.6. The van der Waals surface area contributed by atoms with Crippen molar-refractivity contribution in [2.75, 3.05) is 0 Å². The third kappa shape index (κ3) is 5.95. The molecule has 3 rings (SSSR count). The van der Waals surface area contributed by atoms with Gasteiger partial charge in [-0.3, -0.25) is 0 Å². The van der Waals surface area contributed by atoms with Crippen LogP contribution in [0.5, 0.6) is 0 Å². The van der Waals surface area contributed by atoms with Crippen LogP contribution in [0.1, 0.15) is 48.4 Å². The highest BCUT2D eigenvalue weighted by atomic mass is 32.1. The Balaban J connectivity index is 1.77. The van der Waals surface area contributed by atoms with Gasteiger partial charge in [0.25, 0.3) is 0 Å². The van der Waals surface area contributed by atoms with Crippen LogP contribution in [-0.2, 0) is 6.42 Å². The molecular weight excluding hydrogens is 408 g/mol. The molecule has 0 N–H and O–H groups in total. The molecule has 31 heavy (non-hydrogen) atoms. The van der Waals surface area contributed by atoms with Crippen LogP contribution in [-0.4, -0.2) is 5.16 Å². The Morgan fingerprint density at radius 3 is 2.19 bits per heavy atom. The summed E-state index contributed by atoms with van der Waals surface area (Å²) in [6.07, 6.45) is 4.79. The van der Waals surface area contributed by atoms with Gasteiger partial charge in [0.2, 0.25) is 0 Å². The van der Waals surface area contributed by atoms with Gasteiger partial charge in [-0.15, -0.1) is 0 Å². The Kier molecular flexibility index (Phi) is 7.84. The summed E-state index contributed by atoms with van der Waals surface area (Å²) < 4.78 is 28.2. The molecule has 0 saturated heterocycles. The average Bonchev–Trinajstić information content (AvgIpc) is 2.76. The van der Waals surface area contributed by atoms with Crippen LogP contribution < -0.4 is 0 Å². The van der Waals surface area contributed by atoms with Crippen molar-refractivity contribution in [3.05, 3.63) is 88.5 Å². The number of unbranched alkanes of at least 4 members (excludes halogenated alkanes) is 2. The van der Waals surface area contributed by atoms with Gasteiger partial charge in [-0.05, 0) is 84.6 Å². The van der Waals surface area contributed by atoms with Crippen molar-refractivity contribution in [1.29, 1.82) is 0 Å². The monoisotopic (exact) mass is 431 g/mol. The van der Waals surface area contributed by atoms with E-state index in [9.17, 15) is 8.78 Å². The van der Waals surface area contributed by atoms with Crippen LogP contribution >= 0.6 is 12.2 Å². The largest absolute Gasteiger partial charge is 0.204 e. The third-order valence-electron chi connectivity index (χ3n) is 5.09. The lowest BCUT2D eigenvalue weighted by Crippen LogP contribution is -1.90. The number of isothiocyanates is 1. The molecule has 0 atom stereocenters. The predicted molar refractivity (Wildman–Crippen MR) is 127 cm³/mol. The zero-order chi connectivity index (χ0) is 22.2. The molecule has 0 aliphatic carbocycles. The van der Waals surface area contributed by atoms with Crippen LogP contribution in [0.25, 0.3) is 11.1 Å². The summed E-state index contributed by atoms with van der Waals surface area (Å²) >= 11 is 4.43. The Labute approximate surface area is 187 Å². The second-order valence-corrected chi connectivity index (χ2v) is 7.61. The topological polar surface area (TPSA) is 12.4 Å². The van der Waals surface area contributed by atoms with E-state index in [1.165, 1.54) is 42.5 Å². The fraction of sp³-hybridized carbons (Fsp3) is 0.222. The van der Waals surface area contributed by atoms with Gasteiger partial charge in [0.05, 0.1) is 5.16 Å². The van der Waals surface area contributed by atoms with Crippen molar-refractivity contribution in [2.24, 2.45) is 4.99 Å². The summed E-state index contributed by atoms with van der Waals surface area (Å²) in [7, 11) is 0. The number of thiocarbonyl (C=S) groups is 1. The molecule has 0 aromatic heterocycles. The maximum atomic E-state index is 14.1. The number of rotatable bonds is 6. The van der Waals surface area contributed by atoms with E-state index in [0.29, 0.717) is 11.1 Å². The number of hydrogen-bond donors (Lipinski definition) is 0. The SMILES string of the molecule is CCCCCc1ccc(C#Cc2ccc(-c3cc(F)c(N=C=S)c(F)c3)cc2)c(C)c1. The Hall–Kier alpha value is -3.12. The summed E-state index contributed by atoms with van der Waals surface area (Å²) in [6, 6.07) is 16.2. The molecule has 0 bridgehead atoms. The van der Waals surface area contributed by atoms with Gasteiger partial charge in [-0.2, -0.15) is 4.99 Å². The molecule has 3 aromatic rings.